The molecule has 0 unspecified atom stereocenters. The molecule has 1 aliphatic heterocycles. The number of benzene rings is 1. The van der Waals surface area contributed by atoms with E-state index < -0.39 is 0 Å². The van der Waals surface area contributed by atoms with Crippen LogP contribution in [0.5, 0.6) is 0 Å². The Morgan fingerprint density at radius 2 is 2.00 bits per heavy atom. The number of nitrogens with zero attached hydrogens (tertiary/aromatic N) is 2. The molecule has 0 spiro atoms. The second kappa shape index (κ2) is 5.80. The maximum atomic E-state index is 4.62. The first kappa shape index (κ1) is 13.4. The van der Waals surface area contributed by atoms with Gasteiger partial charge in [0.25, 0.3) is 0 Å². The summed E-state index contributed by atoms with van der Waals surface area (Å²) in [6, 6.07) is 8.96. The molecule has 0 atom stereocenters. The Labute approximate surface area is 121 Å². The summed E-state index contributed by atoms with van der Waals surface area (Å²) < 4.78 is 0. The highest BCUT2D eigenvalue weighted by Crippen LogP contribution is 2.26. The number of pyridine rings is 1. The molecule has 0 radical (unpaired) electrons. The largest absolute Gasteiger partial charge is 0.354 e. The third-order valence-corrected chi connectivity index (χ3v) is 3.87. The third-order valence-electron chi connectivity index (χ3n) is 3.87. The minimum atomic E-state index is 0.696. The first-order valence-electron chi connectivity index (χ1n) is 7.57. The zero-order valence-electron chi connectivity index (χ0n) is 12.4. The number of anilines is 1. The number of hydrogen-bond acceptors (Lipinski definition) is 3. The summed E-state index contributed by atoms with van der Waals surface area (Å²) in [6.45, 7) is 8.71. The van der Waals surface area contributed by atoms with Gasteiger partial charge in [0, 0.05) is 37.8 Å². The van der Waals surface area contributed by atoms with E-state index in [9.17, 15) is 0 Å². The van der Waals surface area contributed by atoms with Gasteiger partial charge in [-0.15, -0.1) is 0 Å². The van der Waals surface area contributed by atoms with E-state index in [0.717, 1.165) is 38.4 Å². The van der Waals surface area contributed by atoms with Crippen LogP contribution in [0.2, 0.25) is 0 Å². The van der Waals surface area contributed by atoms with Crippen LogP contribution < -0.4 is 10.2 Å². The van der Waals surface area contributed by atoms with Gasteiger partial charge in [-0.25, -0.2) is 4.98 Å². The van der Waals surface area contributed by atoms with Gasteiger partial charge in [-0.2, -0.15) is 0 Å². The monoisotopic (exact) mass is 269 g/mol. The van der Waals surface area contributed by atoms with Crippen molar-refractivity contribution in [1.29, 1.82) is 0 Å². The van der Waals surface area contributed by atoms with Crippen molar-refractivity contribution in [3.8, 4) is 0 Å². The topological polar surface area (TPSA) is 28.2 Å². The van der Waals surface area contributed by atoms with Crippen LogP contribution in [0, 0.1) is 5.92 Å². The van der Waals surface area contributed by atoms with Crippen molar-refractivity contribution in [2.75, 3.05) is 31.1 Å². The van der Waals surface area contributed by atoms with E-state index in [1.165, 1.54) is 16.3 Å². The Morgan fingerprint density at radius 1 is 1.20 bits per heavy atom. The second-order valence-electron chi connectivity index (χ2n) is 6.03. The molecule has 3 nitrogen and oxygen atoms in total. The highest BCUT2D eigenvalue weighted by atomic mass is 15.2. The molecule has 20 heavy (non-hydrogen) atoms. The summed E-state index contributed by atoms with van der Waals surface area (Å²) in [5.74, 6) is 1.84. The zero-order valence-corrected chi connectivity index (χ0v) is 12.4. The van der Waals surface area contributed by atoms with Gasteiger partial charge in [-0.05, 0) is 29.4 Å². The number of rotatable bonds is 3. The van der Waals surface area contributed by atoms with Crippen LogP contribution in [0.25, 0.3) is 10.8 Å². The number of fused-ring (bicyclic) bond motifs is 1. The van der Waals surface area contributed by atoms with Crippen LogP contribution in [0.4, 0.5) is 5.82 Å². The second-order valence-corrected chi connectivity index (χ2v) is 6.03. The normalized spacial score (nSPS) is 16.1. The van der Waals surface area contributed by atoms with Gasteiger partial charge in [-0.3, -0.25) is 0 Å². The molecule has 1 aromatic heterocycles. The molecule has 106 valence electrons. The van der Waals surface area contributed by atoms with Crippen molar-refractivity contribution in [2.45, 2.75) is 20.3 Å². The summed E-state index contributed by atoms with van der Waals surface area (Å²) in [5, 5.41) is 5.99. The molecule has 0 aliphatic carbocycles. The van der Waals surface area contributed by atoms with E-state index >= 15 is 0 Å². The zero-order chi connectivity index (χ0) is 13.9. The quantitative estimate of drug-likeness (QED) is 0.928. The van der Waals surface area contributed by atoms with Crippen molar-refractivity contribution in [2.24, 2.45) is 5.92 Å². The van der Waals surface area contributed by atoms with Gasteiger partial charge in [0.05, 0.1) is 0 Å². The fraction of sp³-hybridized carbons (Fsp3) is 0.471. The molecular weight excluding hydrogens is 246 g/mol. The van der Waals surface area contributed by atoms with Gasteiger partial charge in [0.15, 0.2) is 0 Å². The summed E-state index contributed by atoms with van der Waals surface area (Å²) in [5.41, 5.74) is 1.42. The Bertz CT molecular complexity index is 586. The average Bonchev–Trinajstić information content (AvgIpc) is 2.46. The van der Waals surface area contributed by atoms with Crippen LogP contribution in [-0.4, -0.2) is 31.2 Å². The number of aromatic nitrogens is 1. The summed E-state index contributed by atoms with van der Waals surface area (Å²) >= 11 is 0. The maximum Gasteiger partial charge on any atom is 0.136 e. The fourth-order valence-corrected chi connectivity index (χ4v) is 2.94. The molecule has 2 aromatic rings. The molecule has 1 aliphatic rings. The molecule has 2 heterocycles. The molecular formula is C17H23N3. The van der Waals surface area contributed by atoms with Crippen molar-refractivity contribution in [1.82, 2.24) is 10.3 Å². The lowest BCUT2D eigenvalue weighted by Crippen LogP contribution is -2.43. The predicted octanol–water partition coefficient (Wildman–Crippen LogP) is 2.84. The fourth-order valence-electron chi connectivity index (χ4n) is 2.94. The molecule has 0 bridgehead atoms. The molecule has 1 fully saturated rings. The van der Waals surface area contributed by atoms with Gasteiger partial charge in [-0.1, -0.05) is 32.0 Å². The standard InChI is InChI=1S/C17H23N3/c1-13(2)11-14-3-4-16-15(12-14)5-6-19-17(16)20-9-7-18-8-10-20/h3-6,12-13,18H,7-11H2,1-2H3. The van der Waals surface area contributed by atoms with E-state index in [4.69, 9.17) is 0 Å². The van der Waals surface area contributed by atoms with Gasteiger partial charge < -0.3 is 10.2 Å². The lowest BCUT2D eigenvalue weighted by atomic mass is 10.00. The lowest BCUT2D eigenvalue weighted by molar-refractivity contribution is 0.586. The van der Waals surface area contributed by atoms with E-state index in [2.05, 4.69) is 53.3 Å². The predicted molar refractivity (Wildman–Crippen MR) is 85.4 cm³/mol. The minimum Gasteiger partial charge on any atom is -0.354 e. The van der Waals surface area contributed by atoms with Crippen molar-refractivity contribution >= 4 is 16.6 Å². The van der Waals surface area contributed by atoms with E-state index in [1.807, 2.05) is 6.20 Å². The summed E-state index contributed by atoms with van der Waals surface area (Å²) in [7, 11) is 0. The average molecular weight is 269 g/mol. The van der Waals surface area contributed by atoms with Crippen LogP contribution in [0.15, 0.2) is 30.5 Å². The lowest BCUT2D eigenvalue weighted by Gasteiger charge is -2.29. The molecule has 0 saturated carbocycles. The van der Waals surface area contributed by atoms with Gasteiger partial charge in [0.1, 0.15) is 5.82 Å². The Balaban J connectivity index is 1.97. The third kappa shape index (κ3) is 2.78. The van der Waals surface area contributed by atoms with Crippen LogP contribution in [0.3, 0.4) is 0 Å². The Morgan fingerprint density at radius 3 is 2.75 bits per heavy atom. The maximum absolute atomic E-state index is 4.62. The number of nitrogens with one attached hydrogen (secondary N) is 1. The van der Waals surface area contributed by atoms with Crippen molar-refractivity contribution < 1.29 is 0 Å². The number of piperazine rings is 1. The summed E-state index contributed by atoms with van der Waals surface area (Å²) in [6.07, 6.45) is 3.08. The van der Waals surface area contributed by atoms with E-state index in [1.54, 1.807) is 0 Å². The molecule has 3 rings (SSSR count). The van der Waals surface area contributed by atoms with E-state index in [-0.39, 0.29) is 0 Å². The Hall–Kier alpha value is -1.61. The minimum absolute atomic E-state index is 0.696. The smallest absolute Gasteiger partial charge is 0.136 e. The summed E-state index contributed by atoms with van der Waals surface area (Å²) in [4.78, 5) is 7.01. The highest BCUT2D eigenvalue weighted by Gasteiger charge is 2.14. The molecule has 0 amide bonds. The first-order chi connectivity index (χ1) is 9.74. The molecule has 3 heteroatoms. The highest BCUT2D eigenvalue weighted by molar-refractivity contribution is 5.92. The van der Waals surface area contributed by atoms with Crippen molar-refractivity contribution in [3.63, 3.8) is 0 Å². The molecule has 1 aromatic carbocycles. The Kier molecular flexibility index (Phi) is 3.88. The van der Waals surface area contributed by atoms with Crippen LogP contribution in [-0.2, 0) is 6.42 Å². The number of hydrogen-bond donors (Lipinski definition) is 1. The van der Waals surface area contributed by atoms with Crippen LogP contribution in [0.1, 0.15) is 19.4 Å². The molecule has 1 saturated heterocycles. The van der Waals surface area contributed by atoms with Crippen LogP contribution >= 0.6 is 0 Å². The first-order valence-corrected chi connectivity index (χ1v) is 7.57. The van der Waals surface area contributed by atoms with Crippen molar-refractivity contribution in [3.05, 3.63) is 36.0 Å². The SMILES string of the molecule is CC(C)Cc1ccc2c(N3CCNCC3)nccc2c1. The van der Waals surface area contributed by atoms with Gasteiger partial charge >= 0.3 is 0 Å². The van der Waals surface area contributed by atoms with E-state index in [0.29, 0.717) is 5.92 Å². The van der Waals surface area contributed by atoms with Gasteiger partial charge in [0.2, 0.25) is 0 Å². The molecule has 1 N–H and O–H groups in total.